The minimum Gasteiger partial charge on any atom is -0.508 e. The lowest BCUT2D eigenvalue weighted by Crippen LogP contribution is -2.44. The fourth-order valence-electron chi connectivity index (χ4n) is 3.68. The van der Waals surface area contributed by atoms with Crippen molar-refractivity contribution in [2.45, 2.75) is 31.2 Å². The smallest absolute Gasteiger partial charge is 0.329 e. The summed E-state index contributed by atoms with van der Waals surface area (Å²) >= 11 is 0. The number of anilines is 2. The number of aliphatic carboxylic acids is 1. The molecule has 1 saturated heterocycles. The van der Waals surface area contributed by atoms with Crippen molar-refractivity contribution in [1.29, 1.82) is 0 Å². The van der Waals surface area contributed by atoms with Gasteiger partial charge in [0.1, 0.15) is 11.3 Å². The Hall–Kier alpha value is -2.94. The highest BCUT2D eigenvalue weighted by molar-refractivity contribution is 5.82. The molecule has 2 aromatic rings. The Labute approximate surface area is 162 Å². The van der Waals surface area contributed by atoms with Crippen molar-refractivity contribution in [3.05, 3.63) is 24.3 Å². The van der Waals surface area contributed by atoms with Gasteiger partial charge in [-0.25, -0.2) is 4.79 Å². The molecular formula is C19H23N5O4. The van der Waals surface area contributed by atoms with E-state index in [9.17, 15) is 15.0 Å². The number of aromatic nitrogens is 3. The molecule has 3 N–H and O–H groups in total. The Kier molecular flexibility index (Phi) is 4.99. The van der Waals surface area contributed by atoms with Crippen molar-refractivity contribution in [2.24, 2.45) is 0 Å². The monoisotopic (exact) mass is 385 g/mol. The zero-order valence-electron chi connectivity index (χ0n) is 15.5. The molecule has 2 fully saturated rings. The Morgan fingerprint density at radius 2 is 1.89 bits per heavy atom. The molecule has 1 aliphatic carbocycles. The lowest BCUT2D eigenvalue weighted by molar-refractivity contribution is -0.142. The number of nitrogens with one attached hydrogen (secondary N) is 1. The molecule has 0 amide bonds. The van der Waals surface area contributed by atoms with Crippen molar-refractivity contribution < 1.29 is 19.7 Å². The van der Waals surface area contributed by atoms with E-state index in [1.807, 2.05) is 4.90 Å². The first-order valence-electron chi connectivity index (χ1n) is 9.45. The molecule has 28 heavy (non-hydrogen) atoms. The number of hydrogen-bond donors (Lipinski definition) is 3. The summed E-state index contributed by atoms with van der Waals surface area (Å²) in [5.74, 6) is 0.306. The summed E-state index contributed by atoms with van der Waals surface area (Å²) in [4.78, 5) is 27.4. The van der Waals surface area contributed by atoms with Gasteiger partial charge in [0.25, 0.3) is 0 Å². The average molecular weight is 385 g/mol. The van der Waals surface area contributed by atoms with Crippen LogP contribution in [0.5, 0.6) is 5.75 Å². The summed E-state index contributed by atoms with van der Waals surface area (Å²) in [6.07, 6.45) is 2.75. The van der Waals surface area contributed by atoms with Crippen LogP contribution in [0, 0.1) is 0 Å². The molecule has 1 aromatic heterocycles. The molecule has 2 aliphatic rings. The van der Waals surface area contributed by atoms with Crippen molar-refractivity contribution in [2.75, 3.05) is 36.5 Å². The average Bonchev–Trinajstić information content (AvgIpc) is 3.18. The molecule has 0 spiro atoms. The zero-order chi connectivity index (χ0) is 19.6. The van der Waals surface area contributed by atoms with Crippen LogP contribution in [0.4, 0.5) is 11.9 Å². The predicted molar refractivity (Wildman–Crippen MR) is 102 cm³/mol. The number of phenols is 1. The fourth-order valence-corrected chi connectivity index (χ4v) is 3.68. The Morgan fingerprint density at radius 1 is 1.14 bits per heavy atom. The summed E-state index contributed by atoms with van der Waals surface area (Å²) < 4.78 is 5.40. The molecule has 0 bridgehead atoms. The molecule has 0 unspecified atom stereocenters. The van der Waals surface area contributed by atoms with Crippen LogP contribution in [0.2, 0.25) is 0 Å². The Balaban J connectivity index is 1.74. The highest BCUT2D eigenvalue weighted by Crippen LogP contribution is 2.33. The number of aromatic hydroxyl groups is 1. The number of carboxylic acid groups (broad SMARTS) is 1. The first kappa shape index (κ1) is 18.4. The summed E-state index contributed by atoms with van der Waals surface area (Å²) in [6, 6.07) is 6.66. The largest absolute Gasteiger partial charge is 0.508 e. The van der Waals surface area contributed by atoms with Gasteiger partial charge in [-0.15, -0.1) is 0 Å². The SMILES string of the molecule is O=C(O)C1(Nc2nc(-c3cccc(O)c3)nc(N3CCOCC3)n2)CCCC1. The van der Waals surface area contributed by atoms with Crippen LogP contribution in [-0.2, 0) is 9.53 Å². The highest BCUT2D eigenvalue weighted by Gasteiger charge is 2.42. The molecular weight excluding hydrogens is 362 g/mol. The minimum atomic E-state index is -1.06. The van der Waals surface area contributed by atoms with E-state index in [0.717, 1.165) is 12.8 Å². The lowest BCUT2D eigenvalue weighted by atomic mass is 9.98. The maximum absolute atomic E-state index is 11.9. The van der Waals surface area contributed by atoms with E-state index in [4.69, 9.17) is 4.74 Å². The van der Waals surface area contributed by atoms with Crippen LogP contribution in [0.1, 0.15) is 25.7 Å². The van der Waals surface area contributed by atoms with Crippen molar-refractivity contribution in [1.82, 2.24) is 15.0 Å². The van der Waals surface area contributed by atoms with Gasteiger partial charge in [-0.1, -0.05) is 25.0 Å². The van der Waals surface area contributed by atoms with Crippen LogP contribution in [0.3, 0.4) is 0 Å². The van der Waals surface area contributed by atoms with Crippen LogP contribution in [0.25, 0.3) is 11.4 Å². The summed E-state index contributed by atoms with van der Waals surface area (Å²) in [5, 5.41) is 22.7. The maximum atomic E-state index is 11.9. The van der Waals surface area contributed by atoms with Gasteiger partial charge in [0.15, 0.2) is 5.82 Å². The van der Waals surface area contributed by atoms with E-state index in [-0.39, 0.29) is 11.7 Å². The van der Waals surface area contributed by atoms with E-state index in [0.29, 0.717) is 56.5 Å². The number of morpholine rings is 1. The number of carbonyl (C=O) groups is 1. The third kappa shape index (κ3) is 3.70. The third-order valence-electron chi connectivity index (χ3n) is 5.24. The van der Waals surface area contributed by atoms with Crippen LogP contribution in [-0.4, -0.2) is 63.0 Å². The topological polar surface area (TPSA) is 121 Å². The van der Waals surface area contributed by atoms with Crippen molar-refractivity contribution in [3.63, 3.8) is 0 Å². The molecule has 9 nitrogen and oxygen atoms in total. The molecule has 9 heteroatoms. The third-order valence-corrected chi connectivity index (χ3v) is 5.24. The molecule has 4 rings (SSSR count). The number of rotatable bonds is 5. The first-order chi connectivity index (χ1) is 13.6. The van der Waals surface area contributed by atoms with Gasteiger partial charge in [0.05, 0.1) is 13.2 Å². The summed E-state index contributed by atoms with van der Waals surface area (Å²) in [7, 11) is 0. The number of nitrogens with zero attached hydrogens (tertiary/aromatic N) is 4. The van der Waals surface area contributed by atoms with E-state index in [2.05, 4.69) is 20.3 Å². The quantitative estimate of drug-likeness (QED) is 0.708. The van der Waals surface area contributed by atoms with Gasteiger partial charge in [-0.2, -0.15) is 15.0 Å². The van der Waals surface area contributed by atoms with Gasteiger partial charge >= 0.3 is 5.97 Å². The first-order valence-corrected chi connectivity index (χ1v) is 9.45. The van der Waals surface area contributed by atoms with Crippen molar-refractivity contribution >= 4 is 17.9 Å². The summed E-state index contributed by atoms with van der Waals surface area (Å²) in [5.41, 5.74) is -0.421. The molecule has 2 heterocycles. The second-order valence-electron chi connectivity index (χ2n) is 7.15. The van der Waals surface area contributed by atoms with Gasteiger partial charge in [-0.05, 0) is 25.0 Å². The van der Waals surface area contributed by atoms with Gasteiger partial charge in [-0.3, -0.25) is 0 Å². The van der Waals surface area contributed by atoms with Gasteiger partial charge < -0.3 is 25.2 Å². The number of phenolic OH excluding ortho intramolecular Hbond substituents is 1. The fraction of sp³-hybridized carbons (Fsp3) is 0.474. The molecule has 1 saturated carbocycles. The number of benzene rings is 1. The van der Waals surface area contributed by atoms with Gasteiger partial charge in [0, 0.05) is 18.7 Å². The molecule has 0 atom stereocenters. The predicted octanol–water partition coefficient (Wildman–Crippen LogP) is 1.89. The van der Waals surface area contributed by atoms with E-state index >= 15 is 0 Å². The molecule has 148 valence electrons. The number of carboxylic acids is 1. The molecule has 0 radical (unpaired) electrons. The second-order valence-corrected chi connectivity index (χ2v) is 7.15. The molecule has 1 aliphatic heterocycles. The Morgan fingerprint density at radius 3 is 2.57 bits per heavy atom. The van der Waals surface area contributed by atoms with Gasteiger partial charge in [0.2, 0.25) is 11.9 Å². The highest BCUT2D eigenvalue weighted by atomic mass is 16.5. The molecule has 1 aromatic carbocycles. The normalized spacial score (nSPS) is 18.8. The Bertz CT molecular complexity index is 863. The minimum absolute atomic E-state index is 0.109. The van der Waals surface area contributed by atoms with Crippen molar-refractivity contribution in [3.8, 4) is 17.1 Å². The standard InChI is InChI=1S/C19H23N5O4/c25-14-5-3-4-13(12-14)15-20-17(23-19(16(26)27)6-1-2-7-19)22-18(21-15)24-8-10-28-11-9-24/h3-5,12,25H,1-2,6-11H2,(H,26,27)(H,20,21,22,23). The zero-order valence-corrected chi connectivity index (χ0v) is 15.5. The van der Waals surface area contributed by atoms with Crippen LogP contribution >= 0.6 is 0 Å². The van der Waals surface area contributed by atoms with E-state index in [1.165, 1.54) is 0 Å². The second kappa shape index (κ2) is 7.59. The number of ether oxygens (including phenoxy) is 1. The van der Waals surface area contributed by atoms with E-state index in [1.54, 1.807) is 24.3 Å². The van der Waals surface area contributed by atoms with Crippen LogP contribution in [0.15, 0.2) is 24.3 Å². The maximum Gasteiger partial charge on any atom is 0.329 e. The van der Waals surface area contributed by atoms with Crippen LogP contribution < -0.4 is 10.2 Å². The number of hydrogen-bond acceptors (Lipinski definition) is 8. The lowest BCUT2D eigenvalue weighted by Gasteiger charge is -2.29. The summed E-state index contributed by atoms with van der Waals surface area (Å²) in [6.45, 7) is 2.45. The van der Waals surface area contributed by atoms with E-state index < -0.39 is 11.5 Å².